The molecule has 0 spiro atoms. The fourth-order valence-electron chi connectivity index (χ4n) is 2.37. The van der Waals surface area contributed by atoms with Crippen LogP contribution in [0.2, 0.25) is 0 Å². The Balaban J connectivity index is 1.71. The van der Waals surface area contributed by atoms with Gasteiger partial charge in [-0.1, -0.05) is 30.0 Å². The average Bonchev–Trinajstić information content (AvgIpc) is 3.16. The Hall–Kier alpha value is -3.44. The number of carbonyl (C=O) groups excluding carboxylic acids is 1. The van der Waals surface area contributed by atoms with E-state index in [-0.39, 0.29) is 5.57 Å². The van der Waals surface area contributed by atoms with Crippen LogP contribution in [0.4, 0.5) is 14.5 Å². The van der Waals surface area contributed by atoms with Gasteiger partial charge in [0.1, 0.15) is 11.6 Å². The van der Waals surface area contributed by atoms with Gasteiger partial charge in [0, 0.05) is 22.3 Å². The Morgan fingerprint density at radius 1 is 1.18 bits per heavy atom. The summed E-state index contributed by atoms with van der Waals surface area (Å²) in [7, 11) is 0. The van der Waals surface area contributed by atoms with E-state index in [0.717, 1.165) is 5.69 Å². The van der Waals surface area contributed by atoms with Gasteiger partial charge in [-0.3, -0.25) is 4.79 Å². The molecule has 0 radical (unpaired) electrons. The maximum absolute atomic E-state index is 12.3. The molecule has 0 aliphatic carbocycles. The minimum Gasteiger partial charge on any atom is -0.321 e. The zero-order chi connectivity index (χ0) is 19.9. The Labute approximate surface area is 164 Å². The minimum absolute atomic E-state index is 0.0985. The first-order valence-electron chi connectivity index (χ1n) is 8.13. The first-order valence-corrected chi connectivity index (χ1v) is 9.01. The average molecular weight is 396 g/mol. The third kappa shape index (κ3) is 5.05. The van der Waals surface area contributed by atoms with Gasteiger partial charge in [0.05, 0.1) is 11.9 Å². The normalized spacial score (nSPS) is 11.3. The van der Waals surface area contributed by atoms with Gasteiger partial charge in [0.15, 0.2) is 0 Å². The number of rotatable bonds is 6. The van der Waals surface area contributed by atoms with Crippen LogP contribution in [0, 0.1) is 11.3 Å². The maximum atomic E-state index is 12.3. The summed E-state index contributed by atoms with van der Waals surface area (Å²) in [6.45, 7) is 0. The molecular weight excluding hydrogens is 382 g/mol. The first-order chi connectivity index (χ1) is 13.5. The molecule has 3 rings (SSSR count). The molecule has 3 aromatic rings. The molecule has 2 aromatic carbocycles. The molecule has 0 unspecified atom stereocenters. The number of hydrogen-bond acceptors (Lipinski definition) is 4. The van der Waals surface area contributed by atoms with Crippen molar-refractivity contribution in [3.05, 3.63) is 78.1 Å². The zero-order valence-corrected chi connectivity index (χ0v) is 15.2. The first kappa shape index (κ1) is 19.3. The number of halogens is 2. The van der Waals surface area contributed by atoms with E-state index in [1.807, 2.05) is 36.4 Å². The number of aromatic nitrogens is 2. The lowest BCUT2D eigenvalue weighted by Crippen LogP contribution is -2.13. The largest absolute Gasteiger partial charge is 0.321 e. The van der Waals surface area contributed by atoms with E-state index in [0.29, 0.717) is 27.9 Å². The number of nitrogens with one attached hydrogen (secondary N) is 1. The molecule has 0 saturated heterocycles. The fraction of sp³-hybridized carbons (Fsp3) is 0.0500. The highest BCUT2D eigenvalue weighted by Crippen LogP contribution is 2.26. The molecule has 0 fully saturated rings. The Bertz CT molecular complexity index is 1020. The van der Waals surface area contributed by atoms with E-state index in [9.17, 15) is 18.8 Å². The summed E-state index contributed by atoms with van der Waals surface area (Å²) < 4.78 is 26.3. The number of amides is 1. The number of carbonyl (C=O) groups is 1. The molecule has 28 heavy (non-hydrogen) atoms. The second kappa shape index (κ2) is 8.97. The van der Waals surface area contributed by atoms with Crippen molar-refractivity contribution in [2.24, 2.45) is 0 Å². The van der Waals surface area contributed by atoms with Gasteiger partial charge in [0.25, 0.3) is 11.7 Å². The van der Waals surface area contributed by atoms with Crippen LogP contribution in [-0.2, 0) is 4.79 Å². The molecule has 0 atom stereocenters. The molecule has 0 saturated carbocycles. The topological polar surface area (TPSA) is 70.7 Å². The van der Waals surface area contributed by atoms with E-state index in [4.69, 9.17) is 0 Å². The molecule has 140 valence electrons. The highest BCUT2D eigenvalue weighted by Gasteiger charge is 2.11. The summed E-state index contributed by atoms with van der Waals surface area (Å²) in [5.74, 6) is -3.10. The molecule has 0 bridgehead atoms. The van der Waals surface area contributed by atoms with Gasteiger partial charge in [0.2, 0.25) is 0 Å². The number of thioether (sulfide) groups is 1. The smallest absolute Gasteiger partial charge is 0.288 e. The van der Waals surface area contributed by atoms with Crippen LogP contribution in [-0.4, -0.2) is 21.4 Å². The molecular formula is C20H14F2N4OS. The molecule has 1 heterocycles. The lowest BCUT2D eigenvalue weighted by molar-refractivity contribution is -0.112. The van der Waals surface area contributed by atoms with E-state index in [2.05, 4.69) is 10.4 Å². The number of para-hydroxylation sites is 1. The lowest BCUT2D eigenvalue weighted by Gasteiger charge is -2.05. The number of nitriles is 1. The number of hydrogen-bond donors (Lipinski definition) is 1. The van der Waals surface area contributed by atoms with E-state index in [1.54, 1.807) is 17.1 Å². The van der Waals surface area contributed by atoms with Crippen LogP contribution in [0.15, 0.2) is 77.5 Å². The second-order valence-corrected chi connectivity index (χ2v) is 6.64. The standard InChI is InChI=1S/C20H14F2N4OS/c21-20(22)28-18-8-6-16(7-9-18)25-19(27)15(11-23)10-14-12-24-26(13-14)17-4-2-1-3-5-17/h1-10,12-13,20H,(H,25,27)/b15-10+. The van der Waals surface area contributed by atoms with Crippen LogP contribution < -0.4 is 5.32 Å². The second-order valence-electron chi connectivity index (χ2n) is 5.58. The molecule has 1 aromatic heterocycles. The van der Waals surface area contributed by atoms with Crippen LogP contribution in [0.1, 0.15) is 5.56 Å². The van der Waals surface area contributed by atoms with Crippen molar-refractivity contribution >= 4 is 29.4 Å². The summed E-state index contributed by atoms with van der Waals surface area (Å²) in [4.78, 5) is 12.7. The van der Waals surface area contributed by atoms with Crippen molar-refractivity contribution in [1.29, 1.82) is 5.26 Å². The highest BCUT2D eigenvalue weighted by molar-refractivity contribution is 7.99. The van der Waals surface area contributed by atoms with Crippen molar-refractivity contribution < 1.29 is 13.6 Å². The molecule has 0 aliphatic heterocycles. The van der Waals surface area contributed by atoms with Gasteiger partial charge in [-0.2, -0.15) is 19.1 Å². The number of nitrogens with zero attached hydrogens (tertiary/aromatic N) is 3. The quantitative estimate of drug-likeness (QED) is 0.371. The molecule has 0 aliphatic rings. The van der Waals surface area contributed by atoms with Crippen molar-refractivity contribution in [3.63, 3.8) is 0 Å². The van der Waals surface area contributed by atoms with Crippen LogP contribution in [0.3, 0.4) is 0 Å². The highest BCUT2D eigenvalue weighted by atomic mass is 32.2. The fourth-order valence-corrected chi connectivity index (χ4v) is 2.87. The van der Waals surface area contributed by atoms with Crippen LogP contribution in [0.25, 0.3) is 11.8 Å². The van der Waals surface area contributed by atoms with Gasteiger partial charge in [-0.15, -0.1) is 0 Å². The van der Waals surface area contributed by atoms with E-state index in [1.165, 1.54) is 30.3 Å². The summed E-state index contributed by atoms with van der Waals surface area (Å²) in [5, 5.41) is 16.1. The molecule has 8 heteroatoms. The summed E-state index contributed by atoms with van der Waals surface area (Å²) in [5.41, 5.74) is 1.76. The number of anilines is 1. The van der Waals surface area contributed by atoms with Gasteiger partial charge in [-0.25, -0.2) is 4.68 Å². The molecule has 5 nitrogen and oxygen atoms in total. The third-order valence-corrected chi connectivity index (χ3v) is 4.36. The Morgan fingerprint density at radius 2 is 1.89 bits per heavy atom. The Kier molecular flexibility index (Phi) is 6.19. The van der Waals surface area contributed by atoms with Crippen molar-refractivity contribution in [3.8, 4) is 11.8 Å². The Morgan fingerprint density at radius 3 is 2.54 bits per heavy atom. The summed E-state index contributed by atoms with van der Waals surface area (Å²) in [6.07, 6.45) is 4.69. The van der Waals surface area contributed by atoms with Crippen molar-refractivity contribution in [1.82, 2.24) is 9.78 Å². The molecule has 1 amide bonds. The number of benzene rings is 2. The van der Waals surface area contributed by atoms with Gasteiger partial charge in [-0.05, 0) is 42.5 Å². The zero-order valence-electron chi connectivity index (χ0n) is 14.4. The summed E-state index contributed by atoms with van der Waals surface area (Å²) in [6, 6.07) is 17.3. The summed E-state index contributed by atoms with van der Waals surface area (Å²) >= 11 is 0.420. The van der Waals surface area contributed by atoms with Gasteiger partial charge >= 0.3 is 0 Å². The molecule has 1 N–H and O–H groups in total. The van der Waals surface area contributed by atoms with E-state index < -0.39 is 11.7 Å². The van der Waals surface area contributed by atoms with E-state index >= 15 is 0 Å². The van der Waals surface area contributed by atoms with Crippen molar-refractivity contribution in [2.75, 3.05) is 5.32 Å². The van der Waals surface area contributed by atoms with Crippen LogP contribution >= 0.6 is 11.8 Å². The monoisotopic (exact) mass is 396 g/mol. The van der Waals surface area contributed by atoms with Gasteiger partial charge < -0.3 is 5.32 Å². The van der Waals surface area contributed by atoms with Crippen LogP contribution in [0.5, 0.6) is 0 Å². The SMILES string of the molecule is N#C/C(=C\c1cnn(-c2ccccc2)c1)C(=O)Nc1ccc(SC(F)F)cc1. The lowest BCUT2D eigenvalue weighted by atomic mass is 10.2. The minimum atomic E-state index is -2.51. The number of alkyl halides is 2. The van der Waals surface area contributed by atoms with Crippen molar-refractivity contribution in [2.45, 2.75) is 10.7 Å². The third-order valence-electron chi connectivity index (χ3n) is 3.64. The maximum Gasteiger partial charge on any atom is 0.288 e. The predicted molar refractivity (Wildman–Crippen MR) is 104 cm³/mol. The predicted octanol–water partition coefficient (Wildman–Crippen LogP) is 4.73.